The van der Waals surface area contributed by atoms with Gasteiger partial charge >= 0.3 is 18.0 Å². The van der Waals surface area contributed by atoms with Crippen LogP contribution in [-0.2, 0) is 63.7 Å². The van der Waals surface area contributed by atoms with Gasteiger partial charge < -0.3 is 48.2 Å². The molecule has 0 spiro atoms. The zero-order valence-electron chi connectivity index (χ0n) is 33.6. The second-order valence-electron chi connectivity index (χ2n) is 14.9. The molecule has 58 heavy (non-hydrogen) atoms. The predicted octanol–water partition coefficient (Wildman–Crippen LogP) is 3.77. The van der Waals surface area contributed by atoms with Gasteiger partial charge in [0, 0.05) is 38.3 Å². The number of esters is 1. The number of carbonyl (C=O) groups is 6. The molecule has 18 heteroatoms. The van der Waals surface area contributed by atoms with Crippen LogP contribution >= 0.6 is 11.6 Å². The van der Waals surface area contributed by atoms with E-state index >= 15 is 0 Å². The van der Waals surface area contributed by atoms with Gasteiger partial charge in [-0.15, -0.1) is 5.06 Å². The molecule has 318 valence electrons. The number of nitrogens with one attached hydrogen (secondary N) is 1. The maximum atomic E-state index is 14.1. The van der Waals surface area contributed by atoms with E-state index < -0.39 is 72.4 Å². The number of amides is 4. The zero-order chi connectivity index (χ0) is 42.1. The summed E-state index contributed by atoms with van der Waals surface area (Å²) in [5.41, 5.74) is 1.22. The number of hydroxylamine groups is 2. The van der Waals surface area contributed by atoms with E-state index in [2.05, 4.69) is 5.32 Å². The number of hydrogen-bond acceptors (Lipinski definition) is 14. The van der Waals surface area contributed by atoms with Crippen molar-refractivity contribution in [3.05, 3.63) is 46.5 Å². The van der Waals surface area contributed by atoms with E-state index in [1.165, 1.54) is 18.9 Å². The number of methoxy groups -OCH3 is 1. The van der Waals surface area contributed by atoms with Crippen LogP contribution < -0.4 is 15.0 Å². The van der Waals surface area contributed by atoms with Crippen LogP contribution in [0.4, 0.5) is 10.5 Å². The van der Waals surface area contributed by atoms with Gasteiger partial charge in [0.2, 0.25) is 5.91 Å². The van der Waals surface area contributed by atoms with Crippen molar-refractivity contribution in [1.29, 1.82) is 0 Å². The average molecular weight is 834 g/mol. The summed E-state index contributed by atoms with van der Waals surface area (Å²) in [5, 5.41) is 3.58. The minimum Gasteiger partial charge on any atom is -0.495 e. The number of rotatable bonds is 13. The number of alkyl carbamates (subject to hydrolysis) is 1. The van der Waals surface area contributed by atoms with Crippen molar-refractivity contribution < 1.29 is 66.8 Å². The number of epoxide rings is 1. The van der Waals surface area contributed by atoms with Crippen LogP contribution in [0.2, 0.25) is 5.02 Å². The van der Waals surface area contributed by atoms with Gasteiger partial charge in [-0.25, -0.2) is 14.4 Å². The van der Waals surface area contributed by atoms with Crippen molar-refractivity contribution in [3.63, 3.8) is 0 Å². The molecule has 0 saturated carbocycles. The van der Waals surface area contributed by atoms with Gasteiger partial charge in [0.15, 0.2) is 6.10 Å². The number of carbonyl (C=O) groups excluding carboxylic acids is 6. The molecule has 1 unspecified atom stereocenters. The third kappa shape index (κ3) is 11.3. The predicted molar refractivity (Wildman–Crippen MR) is 206 cm³/mol. The lowest BCUT2D eigenvalue weighted by molar-refractivity contribution is -0.200. The van der Waals surface area contributed by atoms with Crippen molar-refractivity contribution >= 4 is 53.0 Å². The average Bonchev–Trinajstić information content (AvgIpc) is 3.79. The van der Waals surface area contributed by atoms with Gasteiger partial charge in [0.1, 0.15) is 35.2 Å². The summed E-state index contributed by atoms with van der Waals surface area (Å²) in [6, 6.07) is 3.48. The fraction of sp³-hybridized carbons (Fsp3) is 0.600. The summed E-state index contributed by atoms with van der Waals surface area (Å²) < 4.78 is 39.9. The van der Waals surface area contributed by atoms with Gasteiger partial charge in [-0.05, 0) is 51.3 Å². The standard InChI is InChI=1S/C40H52ClN3O14/c1-23-9-7-8-10-27-20-29(55-39(50)42-27)24(2)37-40(4,57-37)31(21-34(47)43(5)28-18-26(17-23)19-30(51-6)36(28)41)56-38(49)25(3)54-16-15-52-13-14-53-22-35(48)58-44-32(45)11-12-33(44)46/h7-9,18-19,24-25,27,29,31,37H,10-17,20-22H2,1-6H3,(H,42,50)/b8-7+,23-9+/t24-,25+,27+,29?,31+,37+,40+/m1/s1. The first kappa shape index (κ1) is 44.6. The molecule has 1 N–H and O–H groups in total. The Balaban J connectivity index is 1.22. The van der Waals surface area contributed by atoms with Gasteiger partial charge in [-0.1, -0.05) is 42.3 Å². The lowest BCUT2D eigenvalue weighted by Crippen LogP contribution is -2.49. The highest BCUT2D eigenvalue weighted by molar-refractivity contribution is 6.35. The van der Waals surface area contributed by atoms with Crippen molar-refractivity contribution in [3.8, 4) is 5.75 Å². The van der Waals surface area contributed by atoms with Crippen molar-refractivity contribution in [2.24, 2.45) is 5.92 Å². The molecule has 1 aromatic carbocycles. The molecule has 4 aliphatic heterocycles. The zero-order valence-corrected chi connectivity index (χ0v) is 34.4. The molecule has 4 bridgehead atoms. The summed E-state index contributed by atoms with van der Waals surface area (Å²) in [5.74, 6) is -3.12. The Kier molecular flexibility index (Phi) is 15.3. The van der Waals surface area contributed by atoms with Gasteiger partial charge in [0.25, 0.3) is 11.8 Å². The molecule has 4 amide bonds. The first-order chi connectivity index (χ1) is 27.6. The fourth-order valence-electron chi connectivity index (χ4n) is 7.06. The van der Waals surface area contributed by atoms with E-state index in [0.717, 1.165) is 11.1 Å². The second-order valence-corrected chi connectivity index (χ2v) is 15.3. The maximum Gasteiger partial charge on any atom is 0.407 e. The molecule has 0 radical (unpaired) electrons. The molecule has 5 rings (SSSR count). The third-order valence-electron chi connectivity index (χ3n) is 10.5. The summed E-state index contributed by atoms with van der Waals surface area (Å²) in [7, 11) is 3.09. The van der Waals surface area contributed by atoms with E-state index in [4.69, 9.17) is 49.6 Å². The molecule has 3 saturated heterocycles. The Hall–Kier alpha value is -4.55. The Morgan fingerprint density at radius 3 is 2.48 bits per heavy atom. The smallest absolute Gasteiger partial charge is 0.407 e. The maximum absolute atomic E-state index is 14.1. The highest BCUT2D eigenvalue weighted by Crippen LogP contribution is 2.48. The molecular weight excluding hydrogens is 782 g/mol. The number of hydrogen-bond donors (Lipinski definition) is 1. The minimum absolute atomic E-state index is 0.0000267. The number of anilines is 1. The van der Waals surface area contributed by atoms with Crippen LogP contribution in [0.5, 0.6) is 5.75 Å². The summed E-state index contributed by atoms with van der Waals surface area (Å²) >= 11 is 6.75. The highest BCUT2D eigenvalue weighted by atomic mass is 35.5. The second kappa shape index (κ2) is 19.9. The Morgan fingerprint density at radius 2 is 1.76 bits per heavy atom. The Bertz CT molecular complexity index is 1770. The monoisotopic (exact) mass is 833 g/mol. The molecule has 17 nitrogen and oxygen atoms in total. The van der Waals surface area contributed by atoms with Crippen molar-refractivity contribution in [2.75, 3.05) is 52.1 Å². The van der Waals surface area contributed by atoms with Crippen LogP contribution in [0.25, 0.3) is 0 Å². The minimum atomic E-state index is -1.11. The number of ether oxygens (including phenoxy) is 7. The van der Waals surface area contributed by atoms with E-state index in [1.807, 2.05) is 44.2 Å². The number of benzene rings is 1. The Labute approximate surface area is 342 Å². The van der Waals surface area contributed by atoms with Crippen LogP contribution in [0.15, 0.2) is 35.9 Å². The Morgan fingerprint density at radius 1 is 1.05 bits per heavy atom. The van der Waals surface area contributed by atoms with Crippen LogP contribution in [0, 0.1) is 5.92 Å². The molecular formula is C40H52ClN3O14. The normalized spacial score (nSPS) is 28.4. The summed E-state index contributed by atoms with van der Waals surface area (Å²) in [4.78, 5) is 81.3. The largest absolute Gasteiger partial charge is 0.495 e. The van der Waals surface area contributed by atoms with E-state index in [9.17, 15) is 28.8 Å². The number of fused-ring (bicyclic) bond motifs is 5. The van der Waals surface area contributed by atoms with Crippen LogP contribution in [0.1, 0.15) is 65.4 Å². The third-order valence-corrected chi connectivity index (χ3v) is 10.9. The van der Waals surface area contributed by atoms with Crippen LogP contribution in [-0.4, -0.2) is 124 Å². The number of imide groups is 1. The molecule has 3 fully saturated rings. The van der Waals surface area contributed by atoms with Gasteiger partial charge in [0.05, 0.1) is 51.7 Å². The number of allylic oxidation sites excluding steroid dienone is 3. The van der Waals surface area contributed by atoms with Gasteiger partial charge in [-0.2, -0.15) is 0 Å². The lowest BCUT2D eigenvalue weighted by atomic mass is 9.85. The number of halogens is 1. The first-order valence-corrected chi connectivity index (χ1v) is 19.6. The molecule has 4 aliphatic rings. The SMILES string of the molecule is COc1cc2cc(c1Cl)N(C)C(=O)C[C@H](OC(=O)[C@H](C)OCCOCCOCC(=O)ON1C(=O)CCC1=O)[C@]1(C)O[C@H]1[C@H](C)C1C[C@H](C/C=C/C=C(\C)C2)NC(=O)O1. The van der Waals surface area contributed by atoms with Gasteiger partial charge in [-0.3, -0.25) is 14.4 Å². The molecule has 7 atom stereocenters. The molecule has 4 heterocycles. The fourth-order valence-corrected chi connectivity index (χ4v) is 7.37. The molecule has 0 aromatic heterocycles. The number of nitrogens with zero attached hydrogens (tertiary/aromatic N) is 2. The van der Waals surface area contributed by atoms with Crippen molar-refractivity contribution in [1.82, 2.24) is 10.4 Å². The van der Waals surface area contributed by atoms with E-state index in [-0.39, 0.29) is 62.7 Å². The summed E-state index contributed by atoms with van der Waals surface area (Å²) in [6.07, 6.45) is 3.67. The highest BCUT2D eigenvalue weighted by Gasteiger charge is 2.63. The lowest BCUT2D eigenvalue weighted by Gasteiger charge is -2.33. The van der Waals surface area contributed by atoms with Crippen molar-refractivity contribution in [2.45, 2.75) is 102 Å². The topological polar surface area (TPSA) is 198 Å². The quantitative estimate of drug-likeness (QED) is 0.130. The molecule has 1 aromatic rings. The van der Waals surface area contributed by atoms with E-state index in [0.29, 0.717) is 35.8 Å². The van der Waals surface area contributed by atoms with E-state index in [1.54, 1.807) is 14.0 Å². The first-order valence-electron chi connectivity index (χ1n) is 19.3. The van der Waals surface area contributed by atoms with Crippen LogP contribution in [0.3, 0.4) is 0 Å². The summed E-state index contributed by atoms with van der Waals surface area (Å²) in [6.45, 7) is 6.83. The molecule has 0 aliphatic carbocycles.